The minimum absolute atomic E-state index is 0.0527. The fourth-order valence-electron chi connectivity index (χ4n) is 3.49. The lowest BCUT2D eigenvalue weighted by Crippen LogP contribution is -2.49. The van der Waals surface area contributed by atoms with E-state index in [1.165, 1.54) is 30.2 Å². The molecule has 1 unspecified atom stereocenters. The number of amides is 2. The second-order valence-electron chi connectivity index (χ2n) is 6.91. The van der Waals surface area contributed by atoms with E-state index in [0.29, 0.717) is 25.3 Å². The van der Waals surface area contributed by atoms with Gasteiger partial charge in [0.2, 0.25) is 5.91 Å². The van der Waals surface area contributed by atoms with E-state index in [4.69, 9.17) is 4.74 Å². The van der Waals surface area contributed by atoms with Gasteiger partial charge in [-0.2, -0.15) is 0 Å². The van der Waals surface area contributed by atoms with Gasteiger partial charge in [0, 0.05) is 24.8 Å². The van der Waals surface area contributed by atoms with Gasteiger partial charge < -0.3 is 14.5 Å². The predicted molar refractivity (Wildman–Crippen MR) is 97.7 cm³/mol. The highest BCUT2D eigenvalue weighted by Gasteiger charge is 2.31. The smallest absolute Gasteiger partial charge is 0.254 e. The minimum atomic E-state index is -0.173. The third kappa shape index (κ3) is 3.93. The van der Waals surface area contributed by atoms with Crippen molar-refractivity contribution in [3.63, 3.8) is 0 Å². The molecule has 3 rings (SSSR count). The zero-order valence-corrected chi connectivity index (χ0v) is 14.8. The number of rotatable bonds is 5. The van der Waals surface area contributed by atoms with Crippen LogP contribution in [0.1, 0.15) is 36.0 Å². The normalized spacial score (nSPS) is 20.7. The number of hydrogen-bond acceptors (Lipinski definition) is 3. The Kier molecular flexibility index (Phi) is 5.53. The van der Waals surface area contributed by atoms with Crippen molar-refractivity contribution >= 4 is 17.5 Å². The van der Waals surface area contributed by atoms with Crippen molar-refractivity contribution in [2.75, 3.05) is 31.7 Å². The number of nitrogens with zero attached hydrogens (tertiary/aromatic N) is 2. The Morgan fingerprint density at radius 2 is 2.04 bits per heavy atom. The van der Waals surface area contributed by atoms with Crippen LogP contribution in [0.2, 0.25) is 0 Å². The molecule has 2 amide bonds. The molecule has 1 saturated carbocycles. The molecule has 134 valence electrons. The molecule has 5 nitrogen and oxygen atoms in total. The monoisotopic (exact) mass is 342 g/mol. The summed E-state index contributed by atoms with van der Waals surface area (Å²) in [5, 5.41) is 0. The fraction of sp³-hybridized carbons (Fsp3) is 0.500. The van der Waals surface area contributed by atoms with Crippen LogP contribution in [0, 0.1) is 5.92 Å². The largest absolute Gasteiger partial charge is 0.377 e. The lowest BCUT2D eigenvalue weighted by Gasteiger charge is -2.39. The third-order valence-corrected chi connectivity index (χ3v) is 5.33. The molecule has 1 aliphatic carbocycles. The van der Waals surface area contributed by atoms with Crippen LogP contribution in [0.5, 0.6) is 0 Å². The molecule has 0 radical (unpaired) electrons. The Labute approximate surface area is 149 Å². The first-order chi connectivity index (χ1) is 12.1. The van der Waals surface area contributed by atoms with Crippen LogP contribution in [-0.4, -0.2) is 49.6 Å². The first-order valence-corrected chi connectivity index (χ1v) is 8.99. The van der Waals surface area contributed by atoms with E-state index in [1.807, 2.05) is 4.90 Å². The molecule has 0 bridgehead atoms. The van der Waals surface area contributed by atoms with Crippen LogP contribution in [0.25, 0.3) is 0 Å². The van der Waals surface area contributed by atoms with Gasteiger partial charge >= 0.3 is 0 Å². The Morgan fingerprint density at radius 3 is 2.64 bits per heavy atom. The van der Waals surface area contributed by atoms with E-state index < -0.39 is 0 Å². The molecule has 1 aromatic rings. The summed E-state index contributed by atoms with van der Waals surface area (Å²) >= 11 is 0. The summed E-state index contributed by atoms with van der Waals surface area (Å²) in [5.74, 6) is 0.618. The van der Waals surface area contributed by atoms with Crippen molar-refractivity contribution in [3.05, 3.63) is 42.5 Å². The molecular weight excluding hydrogens is 316 g/mol. The highest BCUT2D eigenvalue weighted by Crippen LogP contribution is 2.32. The van der Waals surface area contributed by atoms with Crippen molar-refractivity contribution in [2.45, 2.75) is 31.7 Å². The van der Waals surface area contributed by atoms with Crippen molar-refractivity contribution in [1.29, 1.82) is 0 Å². The second-order valence-corrected chi connectivity index (χ2v) is 6.91. The van der Waals surface area contributed by atoms with E-state index in [2.05, 4.69) is 6.58 Å². The number of anilines is 1. The molecule has 0 N–H and O–H groups in total. The summed E-state index contributed by atoms with van der Waals surface area (Å²) in [6, 6.07) is 7.36. The minimum Gasteiger partial charge on any atom is -0.377 e. The zero-order chi connectivity index (χ0) is 17.8. The lowest BCUT2D eigenvalue weighted by molar-refractivity contribution is -0.113. The maximum absolute atomic E-state index is 12.9. The van der Waals surface area contributed by atoms with Gasteiger partial charge in [-0.1, -0.05) is 25.8 Å². The van der Waals surface area contributed by atoms with Crippen LogP contribution in [0.4, 0.5) is 5.69 Å². The molecule has 1 saturated heterocycles. The maximum Gasteiger partial charge on any atom is 0.254 e. The molecule has 1 heterocycles. The summed E-state index contributed by atoms with van der Waals surface area (Å²) < 4.78 is 5.61. The molecule has 1 atom stereocenters. The number of benzene rings is 1. The number of morpholine rings is 1. The van der Waals surface area contributed by atoms with Crippen molar-refractivity contribution < 1.29 is 14.3 Å². The molecule has 0 spiro atoms. The molecule has 1 aromatic carbocycles. The molecule has 2 fully saturated rings. The summed E-state index contributed by atoms with van der Waals surface area (Å²) in [6.07, 6.45) is 6.18. The maximum atomic E-state index is 12.9. The van der Waals surface area contributed by atoms with Crippen LogP contribution in [-0.2, 0) is 9.53 Å². The number of ether oxygens (including phenoxy) is 1. The third-order valence-electron chi connectivity index (χ3n) is 5.33. The molecule has 2 aliphatic rings. The molecule has 0 aromatic heterocycles. The van der Waals surface area contributed by atoms with E-state index >= 15 is 0 Å². The SMILES string of the molecule is C=CC(=O)N(C)c1ccc(C(=O)N2CCOCC2CC2CCC2)cc1. The molecule has 5 heteroatoms. The van der Waals surface area contributed by atoms with Gasteiger partial charge in [-0.3, -0.25) is 9.59 Å². The van der Waals surface area contributed by atoms with Crippen LogP contribution < -0.4 is 4.90 Å². The second kappa shape index (κ2) is 7.83. The standard InChI is InChI=1S/C20H26N2O3/c1-3-19(23)21(2)17-9-7-16(8-10-17)20(24)22-11-12-25-14-18(22)13-15-5-4-6-15/h3,7-10,15,18H,1,4-6,11-14H2,2H3. The van der Waals surface area contributed by atoms with E-state index in [-0.39, 0.29) is 17.9 Å². The predicted octanol–water partition coefficient (Wildman–Crippen LogP) is 2.87. The van der Waals surface area contributed by atoms with Crippen LogP contribution >= 0.6 is 0 Å². The molecular formula is C20H26N2O3. The van der Waals surface area contributed by atoms with Gasteiger partial charge in [0.25, 0.3) is 5.91 Å². The van der Waals surface area contributed by atoms with Gasteiger partial charge in [0.15, 0.2) is 0 Å². The average molecular weight is 342 g/mol. The number of likely N-dealkylation sites (N-methyl/N-ethyl adjacent to an activating group) is 1. The van der Waals surface area contributed by atoms with Gasteiger partial charge in [0.05, 0.1) is 19.3 Å². The van der Waals surface area contributed by atoms with Crippen LogP contribution in [0.15, 0.2) is 36.9 Å². The number of carbonyl (C=O) groups excluding carboxylic acids is 2. The van der Waals surface area contributed by atoms with Gasteiger partial charge in [-0.25, -0.2) is 0 Å². The van der Waals surface area contributed by atoms with E-state index in [1.54, 1.807) is 31.3 Å². The Hall–Kier alpha value is -2.14. The topological polar surface area (TPSA) is 49.9 Å². The fourth-order valence-corrected chi connectivity index (χ4v) is 3.49. The molecule has 25 heavy (non-hydrogen) atoms. The van der Waals surface area contributed by atoms with E-state index in [9.17, 15) is 9.59 Å². The zero-order valence-electron chi connectivity index (χ0n) is 14.8. The van der Waals surface area contributed by atoms with Crippen molar-refractivity contribution in [3.8, 4) is 0 Å². The first kappa shape index (κ1) is 17.7. The summed E-state index contributed by atoms with van der Waals surface area (Å²) in [4.78, 5) is 28.1. The molecule has 1 aliphatic heterocycles. The van der Waals surface area contributed by atoms with Gasteiger partial charge in [-0.15, -0.1) is 0 Å². The van der Waals surface area contributed by atoms with Crippen LogP contribution in [0.3, 0.4) is 0 Å². The van der Waals surface area contributed by atoms with Crippen molar-refractivity contribution in [1.82, 2.24) is 4.90 Å². The number of carbonyl (C=O) groups is 2. The lowest BCUT2D eigenvalue weighted by atomic mass is 9.80. The summed E-state index contributed by atoms with van der Waals surface area (Å²) in [5.41, 5.74) is 1.40. The first-order valence-electron chi connectivity index (χ1n) is 8.99. The Balaban J connectivity index is 1.69. The highest BCUT2D eigenvalue weighted by molar-refractivity contribution is 6.01. The van der Waals surface area contributed by atoms with Gasteiger partial charge in [0.1, 0.15) is 0 Å². The van der Waals surface area contributed by atoms with E-state index in [0.717, 1.165) is 18.0 Å². The average Bonchev–Trinajstić information content (AvgIpc) is 2.63. The Morgan fingerprint density at radius 1 is 1.32 bits per heavy atom. The summed E-state index contributed by atoms with van der Waals surface area (Å²) in [6.45, 7) is 5.37. The highest BCUT2D eigenvalue weighted by atomic mass is 16.5. The Bertz CT molecular complexity index is 637. The summed E-state index contributed by atoms with van der Waals surface area (Å²) in [7, 11) is 1.69. The quantitative estimate of drug-likeness (QED) is 0.773. The van der Waals surface area contributed by atoms with Crippen molar-refractivity contribution in [2.24, 2.45) is 5.92 Å². The number of hydrogen-bond donors (Lipinski definition) is 0. The van der Waals surface area contributed by atoms with Gasteiger partial charge in [-0.05, 0) is 42.7 Å².